The minimum absolute atomic E-state index is 0.0178. The van der Waals surface area contributed by atoms with E-state index in [1.165, 1.54) is 42.8 Å². The first kappa shape index (κ1) is 37.8. The van der Waals surface area contributed by atoms with E-state index in [0.29, 0.717) is 25.2 Å². The normalized spacial score (nSPS) is 20.7. The number of ether oxygens (including phenoxy) is 5. The van der Waals surface area contributed by atoms with Gasteiger partial charge in [0.2, 0.25) is 10.0 Å². The standard InChI is InChI=1S/C32H45N5O11S/c1-32(2,15-16-33-30(45-4)35-37(40)41)21-36(49(42,43)24-12-10-23(44-3)11-13-24)19-27(38)26(18-22-8-6-5-7-9-22)34-31(39)48-28-20-47-29-25(28)14-17-46-29/h5-13,25-29,38H,14-21H2,1-4H3,(H,33,35)(H,34,39)/t25-,26-,27+,28-,29+/m0/s1. The number of rotatable bonds is 16. The predicted molar refractivity (Wildman–Crippen MR) is 177 cm³/mol. The number of hydrogen-bond acceptors (Lipinski definition) is 11. The Hall–Kier alpha value is -4.03. The van der Waals surface area contributed by atoms with Crippen molar-refractivity contribution in [2.24, 2.45) is 16.4 Å². The van der Waals surface area contributed by atoms with E-state index in [0.717, 1.165) is 5.56 Å². The molecule has 270 valence electrons. The van der Waals surface area contributed by atoms with Crippen LogP contribution in [-0.2, 0) is 35.4 Å². The molecule has 2 saturated heterocycles. The van der Waals surface area contributed by atoms with Crippen molar-refractivity contribution >= 4 is 22.1 Å². The van der Waals surface area contributed by atoms with E-state index < -0.39 is 51.1 Å². The molecule has 49 heavy (non-hydrogen) atoms. The van der Waals surface area contributed by atoms with Crippen LogP contribution in [0.25, 0.3) is 0 Å². The van der Waals surface area contributed by atoms with Gasteiger partial charge in [0.25, 0.3) is 0 Å². The number of amides is 1. The van der Waals surface area contributed by atoms with Crippen LogP contribution >= 0.6 is 0 Å². The zero-order valence-electron chi connectivity index (χ0n) is 28.0. The van der Waals surface area contributed by atoms with Gasteiger partial charge in [-0.1, -0.05) is 44.2 Å². The Morgan fingerprint density at radius 3 is 2.53 bits per heavy atom. The lowest BCUT2D eigenvalue weighted by molar-refractivity contribution is -0.486. The van der Waals surface area contributed by atoms with Crippen LogP contribution in [0.5, 0.6) is 5.75 Å². The monoisotopic (exact) mass is 707 g/mol. The molecular weight excluding hydrogens is 662 g/mol. The van der Waals surface area contributed by atoms with Gasteiger partial charge in [0.1, 0.15) is 17.0 Å². The third-order valence-corrected chi connectivity index (χ3v) is 10.3. The van der Waals surface area contributed by atoms with Crippen molar-refractivity contribution in [1.29, 1.82) is 0 Å². The number of amidine groups is 1. The lowest BCUT2D eigenvalue weighted by Gasteiger charge is -2.35. The number of hydrogen-bond donors (Lipinski definition) is 3. The highest BCUT2D eigenvalue weighted by Crippen LogP contribution is 2.33. The fraction of sp³-hybridized carbons (Fsp3) is 0.562. The van der Waals surface area contributed by atoms with Crippen LogP contribution in [0.15, 0.2) is 64.6 Å². The van der Waals surface area contributed by atoms with Crippen LogP contribution in [0.2, 0.25) is 0 Å². The van der Waals surface area contributed by atoms with Crippen molar-refractivity contribution in [2.45, 2.75) is 62.5 Å². The number of nitrogens with zero attached hydrogens (tertiary/aromatic N) is 3. The lowest BCUT2D eigenvalue weighted by atomic mass is 9.89. The van der Waals surface area contributed by atoms with Gasteiger partial charge < -0.3 is 39.4 Å². The molecule has 0 bridgehead atoms. The van der Waals surface area contributed by atoms with Crippen molar-refractivity contribution in [3.8, 4) is 5.75 Å². The molecule has 16 nitrogen and oxygen atoms in total. The number of fused-ring (bicyclic) bond motifs is 1. The maximum Gasteiger partial charge on any atom is 0.407 e. The minimum atomic E-state index is -4.19. The SMILES string of the molecule is CO/C(=N/[N+](=O)[O-])NCCC(C)(C)CN(C[C@@H](O)[C@H](Cc1ccccc1)NC(=O)O[C@H]1CO[C@H]2OCC[C@H]21)S(=O)(=O)c1ccc(OC)cc1. The summed E-state index contributed by atoms with van der Waals surface area (Å²) in [5.41, 5.74) is 0.0882. The van der Waals surface area contributed by atoms with Gasteiger partial charge in [-0.05, 0) is 54.5 Å². The van der Waals surface area contributed by atoms with E-state index >= 15 is 0 Å². The molecule has 17 heteroatoms. The molecular formula is C32H45N5O11S. The van der Waals surface area contributed by atoms with E-state index in [-0.39, 0.29) is 49.5 Å². The zero-order valence-corrected chi connectivity index (χ0v) is 28.8. The summed E-state index contributed by atoms with van der Waals surface area (Å²) in [6, 6.07) is 13.9. The average molecular weight is 708 g/mol. The Balaban J connectivity index is 1.55. The molecule has 0 spiro atoms. The van der Waals surface area contributed by atoms with Crippen LogP contribution < -0.4 is 15.4 Å². The molecule has 0 unspecified atom stereocenters. The van der Waals surface area contributed by atoms with Crippen molar-refractivity contribution in [3.05, 3.63) is 70.3 Å². The Labute approximate surface area is 285 Å². The minimum Gasteiger partial charge on any atom is -0.497 e. The molecule has 0 radical (unpaired) electrons. The van der Waals surface area contributed by atoms with E-state index in [1.807, 2.05) is 44.2 Å². The number of benzene rings is 2. The summed E-state index contributed by atoms with van der Waals surface area (Å²) in [5, 5.41) is 30.2. The van der Waals surface area contributed by atoms with Crippen LogP contribution in [0.4, 0.5) is 4.79 Å². The summed E-state index contributed by atoms with van der Waals surface area (Å²) in [6.07, 6.45) is -1.85. The number of alkyl carbamates (subject to hydrolysis) is 1. The largest absolute Gasteiger partial charge is 0.497 e. The fourth-order valence-electron chi connectivity index (χ4n) is 5.79. The molecule has 0 aromatic heterocycles. The summed E-state index contributed by atoms with van der Waals surface area (Å²) in [7, 11) is -1.49. The van der Waals surface area contributed by atoms with E-state index in [9.17, 15) is 28.4 Å². The molecule has 3 N–H and O–H groups in total. The molecule has 0 saturated carbocycles. The first-order valence-electron chi connectivity index (χ1n) is 15.9. The molecule has 2 heterocycles. The van der Waals surface area contributed by atoms with E-state index in [1.54, 1.807) is 0 Å². The molecule has 2 aliphatic rings. The molecule has 2 fully saturated rings. The number of aliphatic hydroxyl groups is 1. The van der Waals surface area contributed by atoms with Gasteiger partial charge in [0.05, 0.1) is 50.4 Å². The van der Waals surface area contributed by atoms with Crippen molar-refractivity contribution < 1.29 is 47.0 Å². The van der Waals surface area contributed by atoms with Gasteiger partial charge in [-0.15, -0.1) is 0 Å². The van der Waals surface area contributed by atoms with Crippen LogP contribution in [0.3, 0.4) is 0 Å². The Morgan fingerprint density at radius 2 is 1.88 bits per heavy atom. The summed E-state index contributed by atoms with van der Waals surface area (Å²) in [4.78, 5) is 24.0. The molecule has 2 aromatic carbocycles. The molecule has 5 atom stereocenters. The topological polar surface area (TPSA) is 200 Å². The van der Waals surface area contributed by atoms with Gasteiger partial charge in [-0.25, -0.2) is 23.3 Å². The fourth-order valence-corrected chi connectivity index (χ4v) is 7.44. The van der Waals surface area contributed by atoms with E-state index in [2.05, 4.69) is 15.7 Å². The highest BCUT2D eigenvalue weighted by atomic mass is 32.2. The van der Waals surface area contributed by atoms with Gasteiger partial charge in [-0.3, -0.25) is 0 Å². The number of carbonyl (C=O) groups is 1. The smallest absolute Gasteiger partial charge is 0.407 e. The van der Waals surface area contributed by atoms with Crippen molar-refractivity contribution in [3.63, 3.8) is 0 Å². The second-order valence-corrected chi connectivity index (χ2v) is 14.6. The summed E-state index contributed by atoms with van der Waals surface area (Å²) < 4.78 is 56.4. The Bertz CT molecular complexity index is 1530. The molecule has 2 aliphatic heterocycles. The molecule has 0 aliphatic carbocycles. The molecule has 1 amide bonds. The quantitative estimate of drug-likeness (QED) is 0.0997. The number of carbonyl (C=O) groups excluding carboxylic acids is 1. The highest BCUT2D eigenvalue weighted by molar-refractivity contribution is 7.89. The van der Waals surface area contributed by atoms with Crippen LogP contribution in [0.1, 0.15) is 32.3 Å². The van der Waals surface area contributed by atoms with Crippen molar-refractivity contribution in [1.82, 2.24) is 14.9 Å². The molecule has 2 aromatic rings. The number of hydrazone groups is 1. The number of nitrogens with one attached hydrogen (secondary N) is 2. The van der Waals surface area contributed by atoms with Gasteiger partial charge in [0, 0.05) is 19.6 Å². The predicted octanol–water partition coefficient (Wildman–Crippen LogP) is 2.35. The second kappa shape index (κ2) is 17.1. The first-order valence-corrected chi connectivity index (χ1v) is 17.3. The second-order valence-electron chi connectivity index (χ2n) is 12.6. The highest BCUT2D eigenvalue weighted by Gasteiger charge is 2.44. The maximum atomic E-state index is 14.1. The maximum absolute atomic E-state index is 14.1. The van der Waals surface area contributed by atoms with Gasteiger partial charge in [0.15, 0.2) is 11.3 Å². The van der Waals surface area contributed by atoms with Crippen LogP contribution in [0, 0.1) is 21.4 Å². The molecule has 4 rings (SSSR count). The summed E-state index contributed by atoms with van der Waals surface area (Å²) in [6.45, 7) is 4.10. The van der Waals surface area contributed by atoms with E-state index in [4.69, 9.17) is 23.7 Å². The van der Waals surface area contributed by atoms with Crippen LogP contribution in [-0.4, -0.2) is 107 Å². The number of sulfonamides is 1. The Morgan fingerprint density at radius 1 is 1.16 bits per heavy atom. The Kier molecular flexibility index (Phi) is 13.2. The zero-order chi connectivity index (χ0) is 35.6. The average Bonchev–Trinajstić information content (AvgIpc) is 3.69. The van der Waals surface area contributed by atoms with Gasteiger partial charge in [-0.2, -0.15) is 4.31 Å². The van der Waals surface area contributed by atoms with Crippen molar-refractivity contribution in [2.75, 3.05) is 47.1 Å². The van der Waals surface area contributed by atoms with Gasteiger partial charge >= 0.3 is 12.1 Å². The number of nitro groups is 1. The third kappa shape index (κ3) is 10.7. The number of aliphatic hydroxyl groups excluding tert-OH is 1. The number of methoxy groups -OCH3 is 2. The third-order valence-electron chi connectivity index (χ3n) is 8.45. The first-order chi connectivity index (χ1) is 23.3. The summed E-state index contributed by atoms with van der Waals surface area (Å²) in [5.74, 6) is 0.381. The lowest BCUT2D eigenvalue weighted by Crippen LogP contribution is -2.52. The summed E-state index contributed by atoms with van der Waals surface area (Å²) >= 11 is 0.